The molecule has 1 saturated carbocycles. The number of aliphatic hydroxyl groups is 1. The minimum Gasteiger partial charge on any atom is -0.393 e. The Labute approximate surface area is 149 Å². The van der Waals surface area contributed by atoms with Crippen LogP contribution in [0.5, 0.6) is 0 Å². The molecule has 2 amide bonds. The zero-order valence-electron chi connectivity index (χ0n) is 14.7. The van der Waals surface area contributed by atoms with E-state index in [1.165, 1.54) is 0 Å². The van der Waals surface area contributed by atoms with Crippen molar-refractivity contribution in [3.05, 3.63) is 35.4 Å². The maximum atomic E-state index is 12.8. The number of hydrogen-bond acceptors (Lipinski definition) is 3. The van der Waals surface area contributed by atoms with E-state index in [1.54, 1.807) is 12.1 Å². The fourth-order valence-electron chi connectivity index (χ4n) is 4.50. The molecule has 3 atom stereocenters. The van der Waals surface area contributed by atoms with Crippen LogP contribution in [0, 0.1) is 5.92 Å². The van der Waals surface area contributed by atoms with E-state index in [0.29, 0.717) is 18.4 Å². The Morgan fingerprint density at radius 3 is 2.64 bits per heavy atom. The van der Waals surface area contributed by atoms with Gasteiger partial charge in [-0.25, -0.2) is 0 Å². The summed E-state index contributed by atoms with van der Waals surface area (Å²) in [5.41, 5.74) is 6.74. The summed E-state index contributed by atoms with van der Waals surface area (Å²) in [7, 11) is 0. The lowest BCUT2D eigenvalue weighted by Crippen LogP contribution is -2.45. The number of nitrogens with zero attached hydrogens (tertiary/aromatic N) is 1. The Morgan fingerprint density at radius 2 is 1.88 bits per heavy atom. The van der Waals surface area contributed by atoms with E-state index in [2.05, 4.69) is 0 Å². The average molecular weight is 344 g/mol. The number of amides is 2. The third kappa shape index (κ3) is 4.03. The second kappa shape index (κ2) is 8.00. The molecule has 1 aromatic carbocycles. The molecule has 1 saturated heterocycles. The number of carbonyl (C=O) groups is 2. The summed E-state index contributed by atoms with van der Waals surface area (Å²) >= 11 is 0. The first kappa shape index (κ1) is 17.9. The van der Waals surface area contributed by atoms with E-state index < -0.39 is 5.91 Å². The van der Waals surface area contributed by atoms with Gasteiger partial charge in [-0.2, -0.15) is 0 Å². The molecule has 25 heavy (non-hydrogen) atoms. The summed E-state index contributed by atoms with van der Waals surface area (Å²) in [5, 5.41) is 10.3. The highest BCUT2D eigenvalue weighted by Gasteiger charge is 2.38. The van der Waals surface area contributed by atoms with Crippen LogP contribution in [0.1, 0.15) is 60.9 Å². The number of carbonyl (C=O) groups excluding carboxylic acids is 2. The highest BCUT2D eigenvalue weighted by Crippen LogP contribution is 2.35. The first-order valence-electron chi connectivity index (χ1n) is 9.43. The van der Waals surface area contributed by atoms with Crippen LogP contribution in [0.25, 0.3) is 0 Å². The summed E-state index contributed by atoms with van der Waals surface area (Å²) in [4.78, 5) is 26.3. The number of likely N-dealkylation sites (tertiary alicyclic amines) is 1. The van der Waals surface area contributed by atoms with Crippen LogP contribution < -0.4 is 5.73 Å². The van der Waals surface area contributed by atoms with Gasteiger partial charge in [0.15, 0.2) is 0 Å². The average Bonchev–Trinajstić information content (AvgIpc) is 3.09. The van der Waals surface area contributed by atoms with E-state index in [1.807, 2.05) is 17.0 Å². The maximum absolute atomic E-state index is 12.8. The summed E-state index contributed by atoms with van der Waals surface area (Å²) < 4.78 is 0. The van der Waals surface area contributed by atoms with Crippen LogP contribution in [0.2, 0.25) is 0 Å². The number of aryl methyl sites for hydroxylation is 1. The quantitative estimate of drug-likeness (QED) is 0.859. The first-order chi connectivity index (χ1) is 12.1. The SMILES string of the molecule is NC(=O)c1ccccc1CCC(=O)N1CCC[C@@H]1[C@H]1CCCC[C@H]1O. The Kier molecular flexibility index (Phi) is 5.74. The topological polar surface area (TPSA) is 83.6 Å². The molecule has 3 N–H and O–H groups in total. The molecule has 1 heterocycles. The van der Waals surface area contributed by atoms with E-state index in [9.17, 15) is 14.7 Å². The number of hydrogen-bond donors (Lipinski definition) is 2. The predicted octanol–water partition coefficient (Wildman–Crippen LogP) is 2.26. The fourth-order valence-corrected chi connectivity index (χ4v) is 4.50. The van der Waals surface area contributed by atoms with Crippen molar-refractivity contribution in [1.29, 1.82) is 0 Å². The van der Waals surface area contributed by atoms with Crippen molar-refractivity contribution in [2.24, 2.45) is 11.7 Å². The van der Waals surface area contributed by atoms with Crippen molar-refractivity contribution in [3.63, 3.8) is 0 Å². The van der Waals surface area contributed by atoms with E-state index in [-0.39, 0.29) is 24.0 Å². The van der Waals surface area contributed by atoms with E-state index in [0.717, 1.165) is 50.6 Å². The molecule has 2 aliphatic rings. The van der Waals surface area contributed by atoms with Gasteiger partial charge in [0, 0.05) is 30.5 Å². The Morgan fingerprint density at radius 1 is 1.12 bits per heavy atom. The molecule has 1 aliphatic carbocycles. The minimum atomic E-state index is -0.451. The number of primary amides is 1. The van der Waals surface area contributed by atoms with Gasteiger partial charge in [0.1, 0.15) is 0 Å². The van der Waals surface area contributed by atoms with Gasteiger partial charge >= 0.3 is 0 Å². The maximum Gasteiger partial charge on any atom is 0.248 e. The lowest BCUT2D eigenvalue weighted by molar-refractivity contribution is -0.134. The van der Waals surface area contributed by atoms with Crippen molar-refractivity contribution >= 4 is 11.8 Å². The molecule has 136 valence electrons. The largest absolute Gasteiger partial charge is 0.393 e. The molecule has 0 spiro atoms. The molecule has 0 aromatic heterocycles. The zero-order valence-corrected chi connectivity index (χ0v) is 14.7. The fraction of sp³-hybridized carbons (Fsp3) is 0.600. The van der Waals surface area contributed by atoms with Gasteiger partial charge in [0.2, 0.25) is 11.8 Å². The Bertz CT molecular complexity index is 631. The molecule has 0 bridgehead atoms. The molecule has 1 aromatic rings. The van der Waals surface area contributed by atoms with Crippen molar-refractivity contribution in [3.8, 4) is 0 Å². The third-order valence-electron chi connectivity index (χ3n) is 5.79. The molecule has 5 nitrogen and oxygen atoms in total. The summed E-state index contributed by atoms with van der Waals surface area (Å²) in [6.07, 6.45) is 6.73. The number of benzene rings is 1. The smallest absolute Gasteiger partial charge is 0.248 e. The molecular weight excluding hydrogens is 316 g/mol. The van der Waals surface area contributed by atoms with Gasteiger partial charge in [-0.1, -0.05) is 31.0 Å². The summed E-state index contributed by atoms with van der Waals surface area (Å²) in [6, 6.07) is 7.39. The Balaban J connectivity index is 1.63. The van der Waals surface area contributed by atoms with Crippen LogP contribution in [0.15, 0.2) is 24.3 Å². The second-order valence-electron chi connectivity index (χ2n) is 7.33. The van der Waals surface area contributed by atoms with Crippen LogP contribution >= 0.6 is 0 Å². The third-order valence-corrected chi connectivity index (χ3v) is 5.79. The molecule has 1 aliphatic heterocycles. The highest BCUT2D eigenvalue weighted by molar-refractivity contribution is 5.94. The molecule has 5 heteroatoms. The lowest BCUT2D eigenvalue weighted by atomic mass is 9.80. The molecular formula is C20H28N2O3. The van der Waals surface area contributed by atoms with Gasteiger partial charge in [-0.05, 0) is 43.7 Å². The summed E-state index contributed by atoms with van der Waals surface area (Å²) in [6.45, 7) is 0.782. The number of rotatable bonds is 5. The molecule has 2 fully saturated rings. The normalized spacial score (nSPS) is 26.6. The van der Waals surface area contributed by atoms with Crippen molar-refractivity contribution < 1.29 is 14.7 Å². The zero-order chi connectivity index (χ0) is 17.8. The molecule has 3 rings (SSSR count). The lowest BCUT2D eigenvalue weighted by Gasteiger charge is -2.37. The van der Waals surface area contributed by atoms with Crippen molar-refractivity contribution in [1.82, 2.24) is 4.90 Å². The number of nitrogens with two attached hydrogens (primary N) is 1. The van der Waals surface area contributed by atoms with Crippen LogP contribution in [0.3, 0.4) is 0 Å². The van der Waals surface area contributed by atoms with Gasteiger partial charge in [-0.15, -0.1) is 0 Å². The van der Waals surface area contributed by atoms with Gasteiger partial charge in [0.25, 0.3) is 0 Å². The predicted molar refractivity (Wildman–Crippen MR) is 96.0 cm³/mol. The first-order valence-corrected chi connectivity index (χ1v) is 9.43. The standard InChI is InChI=1S/C20H28N2O3/c21-20(25)15-7-2-1-6-14(15)11-12-19(24)22-13-5-9-17(22)16-8-3-4-10-18(16)23/h1-2,6-7,16-18,23H,3-5,8-13H2,(H2,21,25)/t16-,17-,18-/m1/s1. The van der Waals surface area contributed by atoms with E-state index in [4.69, 9.17) is 5.73 Å². The summed E-state index contributed by atoms with van der Waals surface area (Å²) in [5.74, 6) is -0.106. The minimum absolute atomic E-state index is 0.125. The van der Waals surface area contributed by atoms with Crippen LogP contribution in [0.4, 0.5) is 0 Å². The number of aliphatic hydroxyl groups excluding tert-OH is 1. The monoisotopic (exact) mass is 344 g/mol. The van der Waals surface area contributed by atoms with Crippen LogP contribution in [-0.2, 0) is 11.2 Å². The van der Waals surface area contributed by atoms with Crippen LogP contribution in [-0.4, -0.2) is 40.5 Å². The van der Waals surface area contributed by atoms with Crippen molar-refractivity contribution in [2.75, 3.05) is 6.54 Å². The molecule has 0 unspecified atom stereocenters. The molecule has 0 radical (unpaired) electrons. The Hall–Kier alpha value is -1.88. The van der Waals surface area contributed by atoms with Gasteiger partial charge < -0.3 is 15.7 Å². The van der Waals surface area contributed by atoms with E-state index >= 15 is 0 Å². The van der Waals surface area contributed by atoms with Gasteiger partial charge in [0.05, 0.1) is 6.10 Å². The second-order valence-corrected chi connectivity index (χ2v) is 7.33. The highest BCUT2D eigenvalue weighted by atomic mass is 16.3. The van der Waals surface area contributed by atoms with Gasteiger partial charge in [-0.3, -0.25) is 9.59 Å². The van der Waals surface area contributed by atoms with Crippen molar-refractivity contribution in [2.45, 2.75) is 63.5 Å².